The lowest BCUT2D eigenvalue weighted by Crippen LogP contribution is -2.29. The van der Waals surface area contributed by atoms with Crippen molar-refractivity contribution in [3.05, 3.63) is 51.8 Å². The van der Waals surface area contributed by atoms with Crippen molar-refractivity contribution in [2.75, 3.05) is 6.61 Å². The number of nitro groups is 1. The average Bonchev–Trinajstić information content (AvgIpc) is 2.91. The molecule has 0 amide bonds. The fraction of sp³-hybridized carbons (Fsp3) is 0.368. The van der Waals surface area contributed by atoms with E-state index in [1.165, 1.54) is 18.3 Å². The van der Waals surface area contributed by atoms with Crippen LogP contribution in [-0.4, -0.2) is 33.8 Å². The standard InChI is InChI=1S/C19H22N2O6/c1-6-26-17(22)16-12(2)15(11-20(16)18(23)27-19(3,4)5)13-7-9-14(10-8-13)21(24)25/h7-11H,6H2,1-5H3. The Balaban J connectivity index is 2.56. The molecule has 0 atom stereocenters. The maximum Gasteiger partial charge on any atom is 0.419 e. The summed E-state index contributed by atoms with van der Waals surface area (Å²) in [6.45, 7) is 8.69. The molecule has 0 unspecified atom stereocenters. The topological polar surface area (TPSA) is 101 Å². The number of hydrogen-bond donors (Lipinski definition) is 0. The zero-order valence-corrected chi connectivity index (χ0v) is 15.9. The minimum atomic E-state index is -0.741. The van der Waals surface area contributed by atoms with Gasteiger partial charge in [0.15, 0.2) is 0 Å². The van der Waals surface area contributed by atoms with Gasteiger partial charge >= 0.3 is 12.1 Å². The van der Waals surface area contributed by atoms with E-state index in [0.717, 1.165) is 4.57 Å². The third-order valence-corrected chi connectivity index (χ3v) is 3.71. The summed E-state index contributed by atoms with van der Waals surface area (Å²) in [6.07, 6.45) is 0.776. The highest BCUT2D eigenvalue weighted by Crippen LogP contribution is 2.30. The number of aromatic nitrogens is 1. The van der Waals surface area contributed by atoms with Crippen LogP contribution in [0.4, 0.5) is 10.5 Å². The van der Waals surface area contributed by atoms with Crippen LogP contribution in [0.3, 0.4) is 0 Å². The van der Waals surface area contributed by atoms with Gasteiger partial charge in [0.25, 0.3) is 5.69 Å². The van der Waals surface area contributed by atoms with Crippen molar-refractivity contribution in [2.45, 2.75) is 40.2 Å². The van der Waals surface area contributed by atoms with Crippen LogP contribution in [0.5, 0.6) is 0 Å². The molecule has 27 heavy (non-hydrogen) atoms. The quantitative estimate of drug-likeness (QED) is 0.448. The molecule has 0 saturated heterocycles. The van der Waals surface area contributed by atoms with Crippen LogP contribution in [0, 0.1) is 17.0 Å². The summed E-state index contributed by atoms with van der Waals surface area (Å²) in [5.41, 5.74) is 1.01. The highest BCUT2D eigenvalue weighted by molar-refractivity contribution is 5.96. The minimum absolute atomic E-state index is 0.0476. The molecular weight excluding hydrogens is 352 g/mol. The predicted molar refractivity (Wildman–Crippen MR) is 98.8 cm³/mol. The molecule has 8 heteroatoms. The molecule has 0 aliphatic rings. The fourth-order valence-electron chi connectivity index (χ4n) is 2.56. The van der Waals surface area contributed by atoms with Crippen molar-refractivity contribution < 1.29 is 24.0 Å². The lowest BCUT2D eigenvalue weighted by Gasteiger charge is -2.20. The highest BCUT2D eigenvalue weighted by atomic mass is 16.6. The van der Waals surface area contributed by atoms with Gasteiger partial charge in [-0.05, 0) is 57.9 Å². The molecule has 1 heterocycles. The van der Waals surface area contributed by atoms with Crippen molar-refractivity contribution in [1.82, 2.24) is 4.57 Å². The number of benzene rings is 1. The van der Waals surface area contributed by atoms with Crippen molar-refractivity contribution in [2.24, 2.45) is 0 Å². The van der Waals surface area contributed by atoms with Crippen molar-refractivity contribution in [1.29, 1.82) is 0 Å². The second kappa shape index (κ2) is 7.61. The Morgan fingerprint density at radius 2 is 1.78 bits per heavy atom. The first-order chi connectivity index (χ1) is 12.5. The Morgan fingerprint density at radius 3 is 2.26 bits per heavy atom. The van der Waals surface area contributed by atoms with Gasteiger partial charge in [-0.2, -0.15) is 0 Å². The van der Waals surface area contributed by atoms with E-state index < -0.39 is 22.6 Å². The summed E-state index contributed by atoms with van der Waals surface area (Å²) in [7, 11) is 0. The van der Waals surface area contributed by atoms with Crippen molar-refractivity contribution in [3.8, 4) is 11.1 Å². The van der Waals surface area contributed by atoms with E-state index in [9.17, 15) is 19.7 Å². The minimum Gasteiger partial charge on any atom is -0.461 e. The van der Waals surface area contributed by atoms with Gasteiger partial charge in [0.2, 0.25) is 0 Å². The Morgan fingerprint density at radius 1 is 1.19 bits per heavy atom. The maximum atomic E-state index is 12.6. The number of nitrogens with zero attached hydrogens (tertiary/aromatic N) is 2. The molecule has 0 radical (unpaired) electrons. The zero-order valence-electron chi connectivity index (χ0n) is 15.9. The largest absolute Gasteiger partial charge is 0.461 e. The molecule has 144 valence electrons. The Bertz CT molecular complexity index is 875. The highest BCUT2D eigenvalue weighted by Gasteiger charge is 2.27. The number of carbonyl (C=O) groups excluding carboxylic acids is 2. The summed E-state index contributed by atoms with van der Waals surface area (Å²) in [6, 6.07) is 5.86. The molecular formula is C19H22N2O6. The molecule has 0 N–H and O–H groups in total. The van der Waals surface area contributed by atoms with Gasteiger partial charge in [0.1, 0.15) is 11.3 Å². The summed E-state index contributed by atoms with van der Waals surface area (Å²) in [4.78, 5) is 35.3. The number of hydrogen-bond acceptors (Lipinski definition) is 6. The van der Waals surface area contributed by atoms with Crippen LogP contribution in [0.2, 0.25) is 0 Å². The lowest BCUT2D eigenvalue weighted by atomic mass is 10.0. The van der Waals surface area contributed by atoms with Crippen LogP contribution >= 0.6 is 0 Å². The number of non-ortho nitro benzene ring substituents is 1. The van der Waals surface area contributed by atoms with E-state index in [4.69, 9.17) is 9.47 Å². The molecule has 2 aromatic rings. The molecule has 0 aliphatic carbocycles. The van der Waals surface area contributed by atoms with Gasteiger partial charge in [-0.15, -0.1) is 0 Å². The van der Waals surface area contributed by atoms with Gasteiger partial charge in [-0.3, -0.25) is 10.1 Å². The third kappa shape index (κ3) is 4.52. The van der Waals surface area contributed by atoms with E-state index in [-0.39, 0.29) is 18.0 Å². The van der Waals surface area contributed by atoms with E-state index in [1.54, 1.807) is 46.8 Å². The molecule has 0 spiro atoms. The number of rotatable bonds is 4. The van der Waals surface area contributed by atoms with Gasteiger partial charge in [0.05, 0.1) is 11.5 Å². The molecule has 1 aromatic heterocycles. The lowest BCUT2D eigenvalue weighted by molar-refractivity contribution is -0.384. The molecule has 0 bridgehead atoms. The summed E-state index contributed by atoms with van der Waals surface area (Å²) in [5, 5.41) is 10.8. The van der Waals surface area contributed by atoms with Crippen molar-refractivity contribution in [3.63, 3.8) is 0 Å². The first-order valence-corrected chi connectivity index (χ1v) is 8.42. The zero-order chi connectivity index (χ0) is 20.4. The van der Waals surface area contributed by atoms with E-state index in [0.29, 0.717) is 16.7 Å². The first-order valence-electron chi connectivity index (χ1n) is 8.42. The van der Waals surface area contributed by atoms with Crippen molar-refractivity contribution >= 4 is 17.7 Å². The number of nitro benzene ring substituents is 1. The molecule has 8 nitrogen and oxygen atoms in total. The average molecular weight is 374 g/mol. The van der Waals surface area contributed by atoms with Crippen LogP contribution in [-0.2, 0) is 9.47 Å². The van der Waals surface area contributed by atoms with Gasteiger partial charge in [0, 0.05) is 23.9 Å². The molecule has 0 aliphatic heterocycles. The molecule has 0 saturated carbocycles. The van der Waals surface area contributed by atoms with Crippen LogP contribution in [0.15, 0.2) is 30.5 Å². The number of ether oxygens (including phenoxy) is 2. The monoisotopic (exact) mass is 374 g/mol. The summed E-state index contributed by atoms with van der Waals surface area (Å²) in [5.74, 6) is -0.644. The summed E-state index contributed by atoms with van der Waals surface area (Å²) < 4.78 is 11.6. The second-order valence-corrected chi connectivity index (χ2v) is 6.89. The number of carbonyl (C=O) groups is 2. The second-order valence-electron chi connectivity index (χ2n) is 6.89. The number of esters is 1. The Kier molecular flexibility index (Phi) is 5.68. The van der Waals surface area contributed by atoms with E-state index in [1.807, 2.05) is 0 Å². The molecule has 0 fully saturated rings. The first kappa shape index (κ1) is 20.2. The van der Waals surface area contributed by atoms with Crippen LogP contribution in [0.1, 0.15) is 43.7 Å². The van der Waals surface area contributed by atoms with E-state index >= 15 is 0 Å². The van der Waals surface area contributed by atoms with E-state index in [2.05, 4.69) is 0 Å². The molecule has 2 rings (SSSR count). The van der Waals surface area contributed by atoms with Gasteiger partial charge < -0.3 is 9.47 Å². The fourth-order valence-corrected chi connectivity index (χ4v) is 2.56. The van der Waals surface area contributed by atoms with Crippen LogP contribution < -0.4 is 0 Å². The smallest absolute Gasteiger partial charge is 0.419 e. The van der Waals surface area contributed by atoms with Crippen LogP contribution in [0.25, 0.3) is 11.1 Å². The normalized spacial score (nSPS) is 11.1. The Labute approximate surface area is 156 Å². The predicted octanol–water partition coefficient (Wildman–Crippen LogP) is 4.33. The third-order valence-electron chi connectivity index (χ3n) is 3.71. The molecule has 1 aromatic carbocycles. The summed E-state index contributed by atoms with van der Waals surface area (Å²) >= 11 is 0. The SMILES string of the molecule is CCOC(=O)c1c(C)c(-c2ccc([N+](=O)[O-])cc2)cn1C(=O)OC(C)(C)C. The van der Waals surface area contributed by atoms with Gasteiger partial charge in [-0.1, -0.05) is 0 Å². The Hall–Kier alpha value is -3.16. The van der Waals surface area contributed by atoms with Gasteiger partial charge in [-0.25, -0.2) is 14.2 Å². The maximum absolute atomic E-state index is 12.6.